The molecule has 1 aliphatic rings. The van der Waals surface area contributed by atoms with E-state index in [2.05, 4.69) is 43.5 Å². The molecule has 0 aliphatic carbocycles. The Morgan fingerprint density at radius 2 is 0.769 bits per heavy atom. The number of hydrogen-bond donors (Lipinski definition) is 8. The summed E-state index contributed by atoms with van der Waals surface area (Å²) in [5, 5.41) is 76.3. The summed E-state index contributed by atoms with van der Waals surface area (Å²) in [4.78, 5) is 13.2. The van der Waals surface area contributed by atoms with E-state index in [1.165, 1.54) is 244 Å². The Morgan fingerprint density at radius 1 is 0.436 bits per heavy atom. The van der Waals surface area contributed by atoms with Crippen LogP contribution >= 0.6 is 0 Å². The number of allylic oxidation sites excluding steroid dienone is 4. The second-order valence-corrected chi connectivity index (χ2v) is 23.9. The van der Waals surface area contributed by atoms with Gasteiger partial charge in [0.2, 0.25) is 5.91 Å². The maximum atomic E-state index is 13.2. The molecule has 1 heterocycles. The molecule has 11 nitrogen and oxygen atoms in total. The van der Waals surface area contributed by atoms with E-state index in [1.54, 1.807) is 0 Å². The Hall–Kier alpha value is -1.41. The molecule has 0 saturated carbocycles. The van der Waals surface area contributed by atoms with Crippen LogP contribution < -0.4 is 5.32 Å². The number of carbonyl (C=O) groups is 1. The zero-order valence-corrected chi connectivity index (χ0v) is 50.9. The summed E-state index contributed by atoms with van der Waals surface area (Å²) in [5.74, 6) is -0.704. The largest absolute Gasteiger partial charge is 0.394 e. The van der Waals surface area contributed by atoms with Crippen molar-refractivity contribution in [2.24, 2.45) is 0 Å². The van der Waals surface area contributed by atoms with Gasteiger partial charge in [0.15, 0.2) is 6.29 Å². The van der Waals surface area contributed by atoms with Gasteiger partial charge in [-0.15, -0.1) is 0 Å². The topological polar surface area (TPSA) is 189 Å². The quantitative estimate of drug-likeness (QED) is 0.0215. The number of aliphatic hydroxyl groups is 7. The lowest BCUT2D eigenvalue weighted by molar-refractivity contribution is -0.303. The van der Waals surface area contributed by atoms with Crippen LogP contribution in [0.1, 0.15) is 328 Å². The highest BCUT2D eigenvalue weighted by Gasteiger charge is 2.44. The molecule has 1 saturated heterocycles. The van der Waals surface area contributed by atoms with E-state index in [0.717, 1.165) is 38.5 Å². The van der Waals surface area contributed by atoms with Gasteiger partial charge in [0.25, 0.3) is 0 Å². The Bertz CT molecular complexity index is 1320. The molecular formula is C67H129NO10. The van der Waals surface area contributed by atoms with Crippen molar-refractivity contribution in [1.82, 2.24) is 5.32 Å². The molecule has 9 unspecified atom stereocenters. The van der Waals surface area contributed by atoms with E-state index in [9.17, 15) is 40.5 Å². The van der Waals surface area contributed by atoms with Crippen LogP contribution in [0.3, 0.4) is 0 Å². The van der Waals surface area contributed by atoms with E-state index in [1.807, 2.05) is 0 Å². The number of carbonyl (C=O) groups excluding carboxylic acids is 1. The van der Waals surface area contributed by atoms with Crippen molar-refractivity contribution in [2.75, 3.05) is 13.2 Å². The highest BCUT2D eigenvalue weighted by molar-refractivity contribution is 5.80. The Balaban J connectivity index is 2.22. The van der Waals surface area contributed by atoms with Gasteiger partial charge in [-0.3, -0.25) is 4.79 Å². The molecule has 9 atom stereocenters. The van der Waals surface area contributed by atoms with Crippen LogP contribution in [0, 0.1) is 0 Å². The summed E-state index contributed by atoms with van der Waals surface area (Å²) in [6.07, 6.45) is 58.3. The normalized spacial score (nSPS) is 19.5. The summed E-state index contributed by atoms with van der Waals surface area (Å²) in [6.45, 7) is 3.49. The second kappa shape index (κ2) is 56.1. The number of rotatable bonds is 59. The van der Waals surface area contributed by atoms with Crippen LogP contribution in [0.5, 0.6) is 0 Å². The fraction of sp³-hybridized carbons (Fsp3) is 0.925. The molecule has 0 aromatic carbocycles. The van der Waals surface area contributed by atoms with Crippen molar-refractivity contribution in [3.05, 3.63) is 24.3 Å². The molecule has 0 spiro atoms. The van der Waals surface area contributed by atoms with E-state index in [-0.39, 0.29) is 12.8 Å². The molecule has 1 rings (SSSR count). The Morgan fingerprint density at radius 3 is 1.14 bits per heavy atom. The number of amides is 1. The minimum atomic E-state index is -1.67. The third-order valence-corrected chi connectivity index (χ3v) is 16.5. The third kappa shape index (κ3) is 43.3. The van der Waals surface area contributed by atoms with Gasteiger partial charge in [0, 0.05) is 0 Å². The average molecular weight is 1110 g/mol. The SMILES string of the molecule is CCCCCCCCCCCCCC/C=C/CC/C=C/CCCC(O)C(O)C(COC1OC(CO)C(O)C(O)C1O)NC(=O)C(O)CCCCCCCCCCCCCCCCCCCCCCCCCCCCCCCC. The second-order valence-electron chi connectivity index (χ2n) is 23.9. The van der Waals surface area contributed by atoms with E-state index in [0.29, 0.717) is 19.3 Å². The van der Waals surface area contributed by atoms with Gasteiger partial charge in [0.05, 0.1) is 25.4 Å². The molecular weight excluding hydrogens is 979 g/mol. The zero-order valence-electron chi connectivity index (χ0n) is 50.9. The first-order valence-corrected chi connectivity index (χ1v) is 33.7. The van der Waals surface area contributed by atoms with Gasteiger partial charge < -0.3 is 50.5 Å². The molecule has 0 aromatic heterocycles. The molecule has 0 bridgehead atoms. The molecule has 0 aromatic rings. The number of ether oxygens (including phenoxy) is 2. The number of aliphatic hydroxyl groups excluding tert-OH is 7. The maximum Gasteiger partial charge on any atom is 0.249 e. The van der Waals surface area contributed by atoms with Crippen LogP contribution in [0.25, 0.3) is 0 Å². The maximum absolute atomic E-state index is 13.2. The van der Waals surface area contributed by atoms with E-state index >= 15 is 0 Å². The van der Waals surface area contributed by atoms with Crippen LogP contribution in [0.2, 0.25) is 0 Å². The first-order chi connectivity index (χ1) is 38.2. The lowest BCUT2D eigenvalue weighted by Crippen LogP contribution is -2.60. The fourth-order valence-corrected chi connectivity index (χ4v) is 11.1. The van der Waals surface area contributed by atoms with E-state index < -0.39 is 74.2 Å². The van der Waals surface area contributed by atoms with Gasteiger partial charge in [-0.25, -0.2) is 0 Å². The van der Waals surface area contributed by atoms with Crippen molar-refractivity contribution in [1.29, 1.82) is 0 Å². The molecule has 11 heteroatoms. The fourth-order valence-electron chi connectivity index (χ4n) is 11.1. The lowest BCUT2D eigenvalue weighted by atomic mass is 9.98. The summed E-state index contributed by atoms with van der Waals surface area (Å²) in [7, 11) is 0. The smallest absolute Gasteiger partial charge is 0.249 e. The molecule has 78 heavy (non-hydrogen) atoms. The molecule has 8 N–H and O–H groups in total. The number of unbranched alkanes of at least 4 members (excludes halogenated alkanes) is 43. The minimum absolute atomic E-state index is 0.249. The summed E-state index contributed by atoms with van der Waals surface area (Å²) in [5.41, 5.74) is 0. The third-order valence-electron chi connectivity index (χ3n) is 16.5. The first kappa shape index (κ1) is 74.6. The van der Waals surface area contributed by atoms with Gasteiger partial charge in [0.1, 0.15) is 36.6 Å². The highest BCUT2D eigenvalue weighted by atomic mass is 16.7. The van der Waals surface area contributed by atoms with Crippen molar-refractivity contribution in [3.8, 4) is 0 Å². The Kier molecular flexibility index (Phi) is 53.6. The first-order valence-electron chi connectivity index (χ1n) is 33.7. The average Bonchev–Trinajstić information content (AvgIpc) is 3.46. The zero-order chi connectivity index (χ0) is 56.8. The van der Waals surface area contributed by atoms with Crippen LogP contribution in [0.15, 0.2) is 24.3 Å². The van der Waals surface area contributed by atoms with Crippen LogP contribution in [-0.4, -0.2) is 110 Å². The Labute approximate surface area is 480 Å². The van der Waals surface area contributed by atoms with Crippen molar-refractivity contribution in [2.45, 2.75) is 384 Å². The standard InChI is InChI=1S/C67H129NO10/c1-3-5-7-9-11-13-15-17-19-21-23-25-26-27-28-29-30-31-32-33-35-37-39-41-43-45-47-49-51-53-55-60(71)66(76)68-58(57-77-67-65(75)64(74)63(73)61(56-69)78-67)62(72)59(70)54-52-50-48-46-44-42-40-38-36-34-24-22-20-18-16-14-12-10-8-6-4-2/h38,40,46,48,58-65,67,69-75H,3-37,39,41-45,47,49-57H2,1-2H3,(H,68,76)/b40-38+,48-46+. The number of hydrogen-bond acceptors (Lipinski definition) is 10. The minimum Gasteiger partial charge on any atom is -0.394 e. The molecule has 1 amide bonds. The molecule has 1 fully saturated rings. The van der Waals surface area contributed by atoms with Crippen molar-refractivity contribution in [3.63, 3.8) is 0 Å². The lowest BCUT2D eigenvalue weighted by Gasteiger charge is -2.40. The summed E-state index contributed by atoms with van der Waals surface area (Å²) < 4.78 is 11.2. The van der Waals surface area contributed by atoms with Crippen LogP contribution in [0.4, 0.5) is 0 Å². The van der Waals surface area contributed by atoms with Gasteiger partial charge in [-0.2, -0.15) is 0 Å². The number of nitrogens with one attached hydrogen (secondary N) is 1. The summed E-state index contributed by atoms with van der Waals surface area (Å²) >= 11 is 0. The van der Waals surface area contributed by atoms with Crippen molar-refractivity contribution >= 4 is 5.91 Å². The predicted molar refractivity (Wildman–Crippen MR) is 326 cm³/mol. The van der Waals surface area contributed by atoms with Crippen molar-refractivity contribution < 1.29 is 50.0 Å². The molecule has 462 valence electrons. The van der Waals surface area contributed by atoms with Gasteiger partial charge in [-0.1, -0.05) is 301 Å². The molecule has 1 aliphatic heterocycles. The molecule has 0 radical (unpaired) electrons. The monoisotopic (exact) mass is 1110 g/mol. The highest BCUT2D eigenvalue weighted by Crippen LogP contribution is 2.24. The summed E-state index contributed by atoms with van der Waals surface area (Å²) in [6, 6.07) is -1.19. The van der Waals surface area contributed by atoms with Gasteiger partial charge >= 0.3 is 0 Å². The predicted octanol–water partition coefficient (Wildman–Crippen LogP) is 15.6. The van der Waals surface area contributed by atoms with Crippen LogP contribution in [-0.2, 0) is 14.3 Å². The van der Waals surface area contributed by atoms with Gasteiger partial charge in [-0.05, 0) is 51.4 Å². The van der Waals surface area contributed by atoms with E-state index in [4.69, 9.17) is 9.47 Å².